The van der Waals surface area contributed by atoms with Crippen molar-refractivity contribution in [1.82, 2.24) is 5.32 Å². The summed E-state index contributed by atoms with van der Waals surface area (Å²) in [6, 6.07) is 0.568. The molecule has 0 amide bonds. The molecule has 2 aliphatic heterocycles. The highest BCUT2D eigenvalue weighted by atomic mass is 32.2. The first kappa shape index (κ1) is 12.7. The van der Waals surface area contributed by atoms with Gasteiger partial charge >= 0.3 is 0 Å². The smallest absolute Gasteiger partial charge is 0.0935 e. The van der Waals surface area contributed by atoms with Gasteiger partial charge in [-0.3, -0.25) is 0 Å². The molecule has 2 fully saturated rings. The first-order valence-corrected chi connectivity index (χ1v) is 7.74. The Morgan fingerprint density at radius 2 is 2.25 bits per heavy atom. The minimum atomic E-state index is 0.150. The van der Waals surface area contributed by atoms with Crippen molar-refractivity contribution in [3.05, 3.63) is 0 Å². The lowest BCUT2D eigenvalue weighted by Crippen LogP contribution is -2.61. The number of rotatable bonds is 3. The topological polar surface area (TPSA) is 21.3 Å². The summed E-state index contributed by atoms with van der Waals surface area (Å²) in [6.45, 7) is 8.94. The Labute approximate surface area is 104 Å². The molecule has 94 valence electrons. The van der Waals surface area contributed by atoms with Gasteiger partial charge in [-0.15, -0.1) is 0 Å². The Morgan fingerprint density at radius 3 is 2.88 bits per heavy atom. The molecule has 3 heteroatoms. The molecule has 2 heterocycles. The fourth-order valence-electron chi connectivity index (χ4n) is 3.27. The highest BCUT2D eigenvalue weighted by molar-refractivity contribution is 7.99. The molecule has 2 saturated heterocycles. The summed E-state index contributed by atoms with van der Waals surface area (Å²) in [5.74, 6) is 3.96. The van der Waals surface area contributed by atoms with Crippen LogP contribution in [0.4, 0.5) is 0 Å². The normalized spacial score (nSPS) is 37.1. The van der Waals surface area contributed by atoms with Gasteiger partial charge in [-0.05, 0) is 30.4 Å². The van der Waals surface area contributed by atoms with Gasteiger partial charge in [0.15, 0.2) is 0 Å². The summed E-state index contributed by atoms with van der Waals surface area (Å²) in [6.07, 6.45) is 2.53. The highest BCUT2D eigenvalue weighted by Crippen LogP contribution is 2.39. The lowest BCUT2D eigenvalue weighted by molar-refractivity contribution is -0.0926. The number of thioether (sulfide) groups is 1. The predicted octanol–water partition coefficient (Wildman–Crippen LogP) is 2.53. The summed E-state index contributed by atoms with van der Waals surface area (Å²) < 4.78 is 6.16. The van der Waals surface area contributed by atoms with E-state index < -0.39 is 0 Å². The third kappa shape index (κ3) is 2.57. The van der Waals surface area contributed by atoms with E-state index in [0.29, 0.717) is 6.04 Å². The van der Waals surface area contributed by atoms with Crippen LogP contribution in [0.15, 0.2) is 0 Å². The second kappa shape index (κ2) is 5.28. The Kier molecular flexibility index (Phi) is 4.20. The molecular formula is C13H25NOS. The van der Waals surface area contributed by atoms with Crippen LogP contribution in [0.25, 0.3) is 0 Å². The summed E-state index contributed by atoms with van der Waals surface area (Å²) in [4.78, 5) is 0. The van der Waals surface area contributed by atoms with Crippen LogP contribution in [0.5, 0.6) is 0 Å². The standard InChI is InChI=1S/C13H25NOS/c1-10(2)8-11(3)12-13(4-7-16-9-13)15-6-5-14-12/h10-12,14H,4-9H2,1-3H3. The van der Waals surface area contributed by atoms with Gasteiger partial charge in [0.05, 0.1) is 12.2 Å². The summed E-state index contributed by atoms with van der Waals surface area (Å²) in [7, 11) is 0. The number of morpholine rings is 1. The van der Waals surface area contributed by atoms with Gasteiger partial charge < -0.3 is 10.1 Å². The lowest BCUT2D eigenvalue weighted by Gasteiger charge is -2.45. The van der Waals surface area contributed by atoms with Gasteiger partial charge in [0.25, 0.3) is 0 Å². The average molecular weight is 243 g/mol. The highest BCUT2D eigenvalue weighted by Gasteiger charge is 2.46. The Morgan fingerprint density at radius 1 is 1.44 bits per heavy atom. The molecule has 0 aromatic rings. The first-order chi connectivity index (χ1) is 7.64. The second-order valence-corrected chi connectivity index (χ2v) is 6.86. The number of nitrogens with one attached hydrogen (secondary N) is 1. The molecule has 0 aliphatic carbocycles. The zero-order valence-electron chi connectivity index (χ0n) is 10.8. The van der Waals surface area contributed by atoms with Gasteiger partial charge in [0, 0.05) is 18.3 Å². The predicted molar refractivity (Wildman–Crippen MR) is 71.0 cm³/mol. The summed E-state index contributed by atoms with van der Waals surface area (Å²) >= 11 is 2.05. The number of hydrogen-bond acceptors (Lipinski definition) is 3. The van der Waals surface area contributed by atoms with Gasteiger partial charge in [-0.2, -0.15) is 11.8 Å². The van der Waals surface area contributed by atoms with E-state index in [0.717, 1.165) is 25.0 Å². The van der Waals surface area contributed by atoms with E-state index >= 15 is 0 Å². The van der Waals surface area contributed by atoms with Crippen molar-refractivity contribution >= 4 is 11.8 Å². The molecule has 1 spiro atoms. The number of ether oxygens (including phenoxy) is 1. The maximum Gasteiger partial charge on any atom is 0.0935 e. The van der Waals surface area contributed by atoms with Crippen molar-refractivity contribution in [2.45, 2.75) is 45.3 Å². The molecule has 0 saturated carbocycles. The maximum atomic E-state index is 6.16. The van der Waals surface area contributed by atoms with Crippen LogP contribution >= 0.6 is 11.8 Å². The van der Waals surface area contributed by atoms with Crippen LogP contribution in [0.3, 0.4) is 0 Å². The monoisotopic (exact) mass is 243 g/mol. The molecule has 3 atom stereocenters. The third-order valence-corrected chi connectivity index (χ3v) is 5.04. The quantitative estimate of drug-likeness (QED) is 0.823. The molecule has 0 bridgehead atoms. The van der Waals surface area contributed by atoms with Crippen LogP contribution in [0.1, 0.15) is 33.6 Å². The summed E-state index contributed by atoms with van der Waals surface area (Å²) in [5, 5.41) is 3.72. The zero-order valence-corrected chi connectivity index (χ0v) is 11.6. The Balaban J connectivity index is 2.04. The molecule has 2 aliphatic rings. The van der Waals surface area contributed by atoms with Crippen molar-refractivity contribution in [2.24, 2.45) is 11.8 Å². The van der Waals surface area contributed by atoms with E-state index in [1.807, 2.05) is 0 Å². The Hall–Kier alpha value is 0.270. The zero-order chi connectivity index (χ0) is 11.6. The Bertz CT molecular complexity index is 226. The van der Waals surface area contributed by atoms with Gasteiger partial charge in [0.1, 0.15) is 0 Å². The second-order valence-electron chi connectivity index (χ2n) is 5.75. The summed E-state index contributed by atoms with van der Waals surface area (Å²) in [5.41, 5.74) is 0.150. The molecule has 3 unspecified atom stereocenters. The maximum absolute atomic E-state index is 6.16. The average Bonchev–Trinajstić information content (AvgIpc) is 2.66. The van der Waals surface area contributed by atoms with E-state index in [-0.39, 0.29) is 5.60 Å². The van der Waals surface area contributed by atoms with Crippen molar-refractivity contribution in [3.8, 4) is 0 Å². The molecule has 16 heavy (non-hydrogen) atoms. The molecule has 0 aromatic heterocycles. The fourth-order valence-corrected chi connectivity index (χ4v) is 4.65. The van der Waals surface area contributed by atoms with Gasteiger partial charge in [0.2, 0.25) is 0 Å². The van der Waals surface area contributed by atoms with Crippen molar-refractivity contribution < 1.29 is 4.74 Å². The SMILES string of the molecule is CC(C)CC(C)C1NCCOC12CCSC2. The minimum absolute atomic E-state index is 0.150. The minimum Gasteiger partial charge on any atom is -0.371 e. The van der Waals surface area contributed by atoms with E-state index in [1.54, 1.807) is 0 Å². The van der Waals surface area contributed by atoms with Crippen molar-refractivity contribution in [3.63, 3.8) is 0 Å². The van der Waals surface area contributed by atoms with E-state index in [1.165, 1.54) is 24.3 Å². The first-order valence-electron chi connectivity index (χ1n) is 6.59. The fraction of sp³-hybridized carbons (Fsp3) is 1.00. The van der Waals surface area contributed by atoms with Crippen LogP contribution < -0.4 is 5.32 Å². The molecule has 1 N–H and O–H groups in total. The molecule has 2 rings (SSSR count). The largest absolute Gasteiger partial charge is 0.371 e. The van der Waals surface area contributed by atoms with E-state index in [2.05, 4.69) is 37.8 Å². The van der Waals surface area contributed by atoms with Crippen molar-refractivity contribution in [2.75, 3.05) is 24.7 Å². The van der Waals surface area contributed by atoms with Gasteiger partial charge in [-0.1, -0.05) is 20.8 Å². The lowest BCUT2D eigenvalue weighted by atomic mass is 9.80. The molecule has 2 nitrogen and oxygen atoms in total. The van der Waals surface area contributed by atoms with E-state index in [9.17, 15) is 0 Å². The molecular weight excluding hydrogens is 218 g/mol. The van der Waals surface area contributed by atoms with E-state index in [4.69, 9.17) is 4.74 Å². The molecule has 0 radical (unpaired) electrons. The van der Waals surface area contributed by atoms with Crippen LogP contribution in [0.2, 0.25) is 0 Å². The van der Waals surface area contributed by atoms with Crippen LogP contribution in [-0.4, -0.2) is 36.3 Å². The van der Waals surface area contributed by atoms with Crippen molar-refractivity contribution in [1.29, 1.82) is 0 Å². The van der Waals surface area contributed by atoms with Gasteiger partial charge in [-0.25, -0.2) is 0 Å². The van der Waals surface area contributed by atoms with Crippen LogP contribution in [0, 0.1) is 11.8 Å². The molecule has 0 aromatic carbocycles. The third-order valence-electron chi connectivity index (χ3n) is 3.85. The van der Waals surface area contributed by atoms with Crippen LogP contribution in [-0.2, 0) is 4.74 Å². The number of hydrogen-bond donors (Lipinski definition) is 1.